The Hall–Kier alpha value is -2.23. The Morgan fingerprint density at radius 3 is 2.64 bits per heavy atom. The van der Waals surface area contributed by atoms with E-state index in [1.54, 1.807) is 26.8 Å². The lowest BCUT2D eigenvalue weighted by Gasteiger charge is -2.24. The average Bonchev–Trinajstić information content (AvgIpc) is 2.61. The number of nitrogens with zero attached hydrogens (tertiary/aromatic N) is 1. The van der Waals surface area contributed by atoms with Crippen molar-refractivity contribution in [2.45, 2.75) is 26.4 Å². The summed E-state index contributed by atoms with van der Waals surface area (Å²) < 4.78 is 21.2. The van der Waals surface area contributed by atoms with Gasteiger partial charge in [-0.05, 0) is 39.0 Å². The predicted molar refractivity (Wildman–Crippen MR) is 108 cm³/mol. The molecule has 0 atom stereocenters. The first-order chi connectivity index (χ1) is 13.1. The monoisotopic (exact) mass is 455 g/mol. The fraction of sp³-hybridized carbons (Fsp3) is 0.368. The van der Waals surface area contributed by atoms with Gasteiger partial charge in [-0.25, -0.2) is 9.87 Å². The summed E-state index contributed by atoms with van der Waals surface area (Å²) in [6.07, 6.45) is 1.37. The first-order valence-corrected chi connectivity index (χ1v) is 9.24. The zero-order valence-electron chi connectivity index (χ0n) is 16.4. The largest absolute Gasteiger partial charge is 0.382 e. The second-order valence-electron chi connectivity index (χ2n) is 6.93. The highest BCUT2D eigenvalue weighted by molar-refractivity contribution is 9.10. The van der Waals surface area contributed by atoms with Crippen LogP contribution in [0, 0.1) is 12.7 Å². The Morgan fingerprint density at radius 2 is 2.04 bits per heavy atom. The summed E-state index contributed by atoms with van der Waals surface area (Å²) in [7, 11) is 3.06. The van der Waals surface area contributed by atoms with Crippen LogP contribution < -0.4 is 16.4 Å². The maximum absolute atomic E-state index is 14.3. The third kappa shape index (κ3) is 5.18. The number of methoxy groups -OCH3 is 1. The number of aryl methyl sites for hydroxylation is 1. The van der Waals surface area contributed by atoms with Gasteiger partial charge in [0, 0.05) is 30.4 Å². The van der Waals surface area contributed by atoms with E-state index in [1.165, 1.54) is 37.1 Å². The SMILES string of the molecule is COCC(C)(C)ONC(=O)c1cn(C)c(=O)c(C)c1Nc1ccc(Br)cc1F. The van der Waals surface area contributed by atoms with Crippen LogP contribution in [0.2, 0.25) is 0 Å². The van der Waals surface area contributed by atoms with Crippen molar-refractivity contribution in [3.8, 4) is 0 Å². The summed E-state index contributed by atoms with van der Waals surface area (Å²) in [6, 6.07) is 4.45. The normalized spacial score (nSPS) is 11.4. The summed E-state index contributed by atoms with van der Waals surface area (Å²) in [6.45, 7) is 5.32. The molecule has 0 aliphatic heterocycles. The predicted octanol–water partition coefficient (Wildman–Crippen LogP) is 3.43. The number of amides is 1. The molecule has 0 unspecified atom stereocenters. The van der Waals surface area contributed by atoms with E-state index in [0.717, 1.165) is 0 Å². The molecule has 0 saturated carbocycles. The van der Waals surface area contributed by atoms with Crippen molar-refractivity contribution in [3.05, 3.63) is 56.2 Å². The van der Waals surface area contributed by atoms with Crippen LogP contribution in [0.1, 0.15) is 29.8 Å². The second-order valence-corrected chi connectivity index (χ2v) is 7.85. The van der Waals surface area contributed by atoms with Gasteiger partial charge in [0.15, 0.2) is 0 Å². The lowest BCUT2D eigenvalue weighted by molar-refractivity contribution is -0.103. The van der Waals surface area contributed by atoms with Crippen LogP contribution in [0.4, 0.5) is 15.8 Å². The van der Waals surface area contributed by atoms with Gasteiger partial charge < -0.3 is 14.6 Å². The first kappa shape index (κ1) is 22.1. The van der Waals surface area contributed by atoms with Crippen LogP contribution in [-0.4, -0.2) is 29.8 Å². The molecule has 0 spiro atoms. The minimum atomic E-state index is -0.758. The van der Waals surface area contributed by atoms with E-state index >= 15 is 0 Å². The lowest BCUT2D eigenvalue weighted by atomic mass is 10.1. The quantitative estimate of drug-likeness (QED) is 0.625. The Labute approximate surface area is 170 Å². The number of aromatic nitrogens is 1. The molecule has 0 aliphatic carbocycles. The lowest BCUT2D eigenvalue weighted by Crippen LogP contribution is -2.39. The second kappa shape index (κ2) is 8.85. The first-order valence-electron chi connectivity index (χ1n) is 8.45. The summed E-state index contributed by atoms with van der Waals surface area (Å²) in [5.74, 6) is -1.11. The molecule has 0 radical (unpaired) electrons. The van der Waals surface area contributed by atoms with E-state index in [-0.39, 0.29) is 34.7 Å². The molecule has 1 amide bonds. The molecule has 2 aromatic rings. The Bertz CT molecular complexity index is 944. The maximum Gasteiger partial charge on any atom is 0.278 e. The third-order valence-electron chi connectivity index (χ3n) is 3.96. The molecule has 152 valence electrons. The van der Waals surface area contributed by atoms with Gasteiger partial charge in [-0.2, -0.15) is 0 Å². The van der Waals surface area contributed by atoms with E-state index in [1.807, 2.05) is 0 Å². The van der Waals surface area contributed by atoms with Gasteiger partial charge in [-0.3, -0.25) is 14.4 Å². The molecule has 1 heterocycles. The van der Waals surface area contributed by atoms with Gasteiger partial charge in [0.2, 0.25) is 0 Å². The van der Waals surface area contributed by atoms with Crippen molar-refractivity contribution < 1.29 is 18.8 Å². The molecule has 9 heteroatoms. The van der Waals surface area contributed by atoms with Crippen molar-refractivity contribution >= 4 is 33.2 Å². The van der Waals surface area contributed by atoms with Crippen molar-refractivity contribution in [1.29, 1.82) is 0 Å². The van der Waals surface area contributed by atoms with E-state index < -0.39 is 17.3 Å². The summed E-state index contributed by atoms with van der Waals surface area (Å²) >= 11 is 3.19. The summed E-state index contributed by atoms with van der Waals surface area (Å²) in [4.78, 5) is 30.5. The molecule has 2 N–H and O–H groups in total. The Balaban J connectivity index is 2.41. The van der Waals surface area contributed by atoms with Crippen LogP contribution in [0.5, 0.6) is 0 Å². The molecule has 7 nitrogen and oxygen atoms in total. The molecule has 0 saturated heterocycles. The smallest absolute Gasteiger partial charge is 0.278 e. The molecule has 2 rings (SSSR count). The van der Waals surface area contributed by atoms with Crippen LogP contribution >= 0.6 is 15.9 Å². The number of anilines is 2. The number of hydrogen-bond donors (Lipinski definition) is 2. The van der Waals surface area contributed by atoms with Crippen LogP contribution in [0.25, 0.3) is 0 Å². The maximum atomic E-state index is 14.3. The highest BCUT2D eigenvalue weighted by atomic mass is 79.9. The van der Waals surface area contributed by atoms with E-state index in [2.05, 4.69) is 26.7 Å². The van der Waals surface area contributed by atoms with Crippen molar-refractivity contribution in [2.24, 2.45) is 7.05 Å². The zero-order chi connectivity index (χ0) is 21.1. The van der Waals surface area contributed by atoms with Gasteiger partial charge in [-0.15, -0.1) is 0 Å². The standard InChI is InChI=1S/C19H23BrFN3O4/c1-11-16(22-15-7-6-12(20)8-14(15)21)13(9-24(4)18(11)26)17(25)23-28-19(2,3)10-27-5/h6-9,22H,10H2,1-5H3,(H,23,25). The van der Waals surface area contributed by atoms with Crippen molar-refractivity contribution in [2.75, 3.05) is 19.0 Å². The zero-order valence-corrected chi connectivity index (χ0v) is 17.9. The molecule has 0 bridgehead atoms. The van der Waals surface area contributed by atoms with Gasteiger partial charge in [0.1, 0.15) is 11.4 Å². The third-order valence-corrected chi connectivity index (χ3v) is 4.45. The average molecular weight is 456 g/mol. The number of halogens is 2. The molecule has 1 aromatic carbocycles. The number of pyridine rings is 1. The van der Waals surface area contributed by atoms with Crippen LogP contribution in [0.15, 0.2) is 33.7 Å². The fourth-order valence-corrected chi connectivity index (χ4v) is 2.90. The van der Waals surface area contributed by atoms with E-state index in [0.29, 0.717) is 4.47 Å². The van der Waals surface area contributed by atoms with Crippen molar-refractivity contribution in [1.82, 2.24) is 10.0 Å². The number of rotatable bonds is 7. The number of hydroxylamine groups is 1. The number of ether oxygens (including phenoxy) is 1. The molecule has 28 heavy (non-hydrogen) atoms. The van der Waals surface area contributed by atoms with Crippen LogP contribution in [0.3, 0.4) is 0 Å². The van der Waals surface area contributed by atoms with Gasteiger partial charge in [0.25, 0.3) is 11.5 Å². The van der Waals surface area contributed by atoms with E-state index in [4.69, 9.17) is 9.57 Å². The van der Waals surface area contributed by atoms with Gasteiger partial charge >= 0.3 is 0 Å². The molecule has 0 aliphatic rings. The number of benzene rings is 1. The highest BCUT2D eigenvalue weighted by Gasteiger charge is 2.23. The topological polar surface area (TPSA) is 81.6 Å². The molecular formula is C19H23BrFN3O4. The van der Waals surface area contributed by atoms with Gasteiger partial charge in [-0.1, -0.05) is 15.9 Å². The Kier molecular flexibility index (Phi) is 6.97. The van der Waals surface area contributed by atoms with Gasteiger partial charge in [0.05, 0.1) is 23.5 Å². The van der Waals surface area contributed by atoms with Crippen molar-refractivity contribution in [3.63, 3.8) is 0 Å². The summed E-state index contributed by atoms with van der Waals surface area (Å²) in [5.41, 5.74) is 2.05. The van der Waals surface area contributed by atoms with Crippen LogP contribution in [-0.2, 0) is 16.6 Å². The molecule has 1 aromatic heterocycles. The van der Waals surface area contributed by atoms with E-state index in [9.17, 15) is 14.0 Å². The number of carbonyl (C=O) groups excluding carboxylic acids is 1. The summed E-state index contributed by atoms with van der Waals surface area (Å²) in [5, 5.41) is 2.86. The minimum absolute atomic E-state index is 0.134. The minimum Gasteiger partial charge on any atom is -0.382 e. The Morgan fingerprint density at radius 1 is 1.36 bits per heavy atom. The fourth-order valence-electron chi connectivity index (χ4n) is 2.57. The molecular weight excluding hydrogens is 433 g/mol. The number of hydrogen-bond acceptors (Lipinski definition) is 5. The number of carbonyl (C=O) groups is 1. The highest BCUT2D eigenvalue weighted by Crippen LogP contribution is 2.27. The number of nitrogens with one attached hydrogen (secondary N) is 2. The molecule has 0 fully saturated rings.